The van der Waals surface area contributed by atoms with Crippen LogP contribution in [-0.2, 0) is 9.59 Å². The van der Waals surface area contributed by atoms with Crippen molar-refractivity contribution in [3.63, 3.8) is 0 Å². The molecule has 2 atom stereocenters. The summed E-state index contributed by atoms with van der Waals surface area (Å²) >= 11 is 0. The van der Waals surface area contributed by atoms with Crippen LogP contribution in [0.5, 0.6) is 11.5 Å². The minimum atomic E-state index is -0.315. The quantitative estimate of drug-likeness (QED) is 0.795. The molecule has 1 heterocycles. The van der Waals surface area contributed by atoms with Crippen LogP contribution in [0.2, 0.25) is 0 Å². The molecule has 2 rings (SSSR count). The van der Waals surface area contributed by atoms with Gasteiger partial charge in [-0.25, -0.2) is 0 Å². The molecule has 1 saturated heterocycles. The molecule has 2 amide bonds. The van der Waals surface area contributed by atoms with Crippen molar-refractivity contribution in [3.05, 3.63) is 23.8 Å². The van der Waals surface area contributed by atoms with E-state index >= 15 is 0 Å². The Bertz CT molecular complexity index is 672. The van der Waals surface area contributed by atoms with Crippen molar-refractivity contribution < 1.29 is 19.1 Å². The Kier molecular flexibility index (Phi) is 7.11. The van der Waals surface area contributed by atoms with Crippen LogP contribution < -0.4 is 14.8 Å². The van der Waals surface area contributed by atoms with Gasteiger partial charge in [-0.05, 0) is 38.0 Å². The minimum absolute atomic E-state index is 0.0280. The SMILES string of the molecule is COc1ccc(OC)c([C@H]2CN(C(=O)CC(C)C)C[C@H]2C(=O)NC(C)C)c1. The molecule has 0 unspecified atom stereocenters. The monoisotopic (exact) mass is 376 g/mol. The highest BCUT2D eigenvalue weighted by Crippen LogP contribution is 2.39. The second kappa shape index (κ2) is 9.11. The molecule has 1 fully saturated rings. The van der Waals surface area contributed by atoms with E-state index in [9.17, 15) is 9.59 Å². The predicted molar refractivity (Wildman–Crippen MR) is 105 cm³/mol. The number of ether oxygens (including phenoxy) is 2. The molecule has 6 nitrogen and oxygen atoms in total. The van der Waals surface area contributed by atoms with Gasteiger partial charge in [0.2, 0.25) is 11.8 Å². The zero-order chi connectivity index (χ0) is 20.1. The largest absolute Gasteiger partial charge is 0.497 e. The lowest BCUT2D eigenvalue weighted by Gasteiger charge is -2.22. The van der Waals surface area contributed by atoms with E-state index < -0.39 is 0 Å². The second-order valence-corrected chi connectivity index (χ2v) is 7.88. The standard InChI is InChI=1S/C21H32N2O4/c1-13(2)9-20(24)23-11-17(18(12-23)21(25)22-14(3)4)16-10-15(26-5)7-8-19(16)27-6/h7-8,10,13-14,17-18H,9,11-12H2,1-6H3,(H,22,25)/t17-,18-/m1/s1. The smallest absolute Gasteiger partial charge is 0.225 e. The average molecular weight is 376 g/mol. The predicted octanol–water partition coefficient (Wildman–Crippen LogP) is 2.82. The maximum atomic E-state index is 12.9. The third kappa shape index (κ3) is 5.15. The highest BCUT2D eigenvalue weighted by atomic mass is 16.5. The number of methoxy groups -OCH3 is 2. The van der Waals surface area contributed by atoms with Crippen molar-refractivity contribution in [2.45, 2.75) is 46.1 Å². The Balaban J connectivity index is 2.37. The molecule has 1 N–H and O–H groups in total. The highest BCUT2D eigenvalue weighted by Gasteiger charge is 2.41. The second-order valence-electron chi connectivity index (χ2n) is 7.88. The van der Waals surface area contributed by atoms with Gasteiger partial charge < -0.3 is 19.7 Å². The summed E-state index contributed by atoms with van der Waals surface area (Å²) in [7, 11) is 3.23. The lowest BCUT2D eigenvalue weighted by atomic mass is 9.87. The fourth-order valence-corrected chi connectivity index (χ4v) is 3.59. The summed E-state index contributed by atoms with van der Waals surface area (Å²) in [5.74, 6) is 1.32. The summed E-state index contributed by atoms with van der Waals surface area (Å²) in [5, 5.41) is 3.00. The molecule has 1 aromatic rings. The third-order valence-corrected chi connectivity index (χ3v) is 4.86. The van der Waals surface area contributed by atoms with Crippen LogP contribution in [0.3, 0.4) is 0 Å². The van der Waals surface area contributed by atoms with Crippen molar-refractivity contribution in [1.82, 2.24) is 10.2 Å². The summed E-state index contributed by atoms with van der Waals surface area (Å²) in [6.45, 7) is 8.87. The number of hydrogen-bond donors (Lipinski definition) is 1. The normalized spacial score (nSPS) is 19.5. The van der Waals surface area contributed by atoms with Crippen molar-refractivity contribution >= 4 is 11.8 Å². The molecule has 0 spiro atoms. The van der Waals surface area contributed by atoms with E-state index in [2.05, 4.69) is 5.32 Å². The van der Waals surface area contributed by atoms with E-state index in [0.29, 0.717) is 31.0 Å². The lowest BCUT2D eigenvalue weighted by Crippen LogP contribution is -2.39. The van der Waals surface area contributed by atoms with E-state index in [-0.39, 0.29) is 35.6 Å². The summed E-state index contributed by atoms with van der Waals surface area (Å²) in [4.78, 5) is 27.3. The van der Waals surface area contributed by atoms with Gasteiger partial charge in [-0.1, -0.05) is 13.8 Å². The van der Waals surface area contributed by atoms with Gasteiger partial charge in [-0.2, -0.15) is 0 Å². The van der Waals surface area contributed by atoms with Gasteiger partial charge in [0.25, 0.3) is 0 Å². The molecule has 0 saturated carbocycles. The van der Waals surface area contributed by atoms with Crippen LogP contribution in [0, 0.1) is 11.8 Å². The van der Waals surface area contributed by atoms with Crippen molar-refractivity contribution in [3.8, 4) is 11.5 Å². The van der Waals surface area contributed by atoms with Gasteiger partial charge >= 0.3 is 0 Å². The number of amides is 2. The number of carbonyl (C=O) groups is 2. The van der Waals surface area contributed by atoms with Gasteiger partial charge in [0.1, 0.15) is 11.5 Å². The number of nitrogens with zero attached hydrogens (tertiary/aromatic N) is 1. The summed E-state index contributed by atoms with van der Waals surface area (Å²) < 4.78 is 10.9. The van der Waals surface area contributed by atoms with Crippen LogP contribution in [0.4, 0.5) is 0 Å². The first-order valence-electron chi connectivity index (χ1n) is 9.56. The van der Waals surface area contributed by atoms with Gasteiger partial charge in [0.15, 0.2) is 0 Å². The number of carbonyl (C=O) groups excluding carboxylic acids is 2. The molecule has 1 aromatic carbocycles. The molecule has 6 heteroatoms. The lowest BCUT2D eigenvalue weighted by molar-refractivity contribution is -0.131. The van der Waals surface area contributed by atoms with E-state index in [1.165, 1.54) is 0 Å². The number of rotatable bonds is 7. The molecular formula is C21H32N2O4. The first kappa shape index (κ1) is 21.1. The van der Waals surface area contributed by atoms with Gasteiger partial charge in [-0.3, -0.25) is 9.59 Å². The van der Waals surface area contributed by atoms with Gasteiger partial charge in [0, 0.05) is 37.0 Å². The maximum absolute atomic E-state index is 12.9. The van der Waals surface area contributed by atoms with Crippen molar-refractivity contribution in [2.24, 2.45) is 11.8 Å². The van der Waals surface area contributed by atoms with Crippen LogP contribution in [0.1, 0.15) is 45.6 Å². The Morgan fingerprint density at radius 3 is 2.41 bits per heavy atom. The van der Waals surface area contributed by atoms with E-state index in [0.717, 1.165) is 5.56 Å². The fraction of sp³-hybridized carbons (Fsp3) is 0.619. The van der Waals surface area contributed by atoms with Crippen LogP contribution >= 0.6 is 0 Å². The zero-order valence-electron chi connectivity index (χ0n) is 17.2. The summed E-state index contributed by atoms with van der Waals surface area (Å²) in [5.41, 5.74) is 0.903. The molecule has 0 aliphatic carbocycles. The Morgan fingerprint density at radius 1 is 1.15 bits per heavy atom. The first-order chi connectivity index (χ1) is 12.8. The molecule has 1 aliphatic rings. The van der Waals surface area contributed by atoms with Crippen molar-refractivity contribution in [2.75, 3.05) is 27.3 Å². The Morgan fingerprint density at radius 2 is 1.85 bits per heavy atom. The van der Waals surface area contributed by atoms with E-state index in [1.54, 1.807) is 14.2 Å². The fourth-order valence-electron chi connectivity index (χ4n) is 3.59. The Hall–Kier alpha value is -2.24. The molecular weight excluding hydrogens is 344 g/mol. The van der Waals surface area contributed by atoms with Crippen LogP contribution in [0.15, 0.2) is 18.2 Å². The number of nitrogens with one attached hydrogen (secondary N) is 1. The van der Waals surface area contributed by atoms with E-state index in [4.69, 9.17) is 9.47 Å². The van der Waals surface area contributed by atoms with E-state index in [1.807, 2.05) is 50.8 Å². The van der Waals surface area contributed by atoms with Gasteiger partial charge in [-0.15, -0.1) is 0 Å². The Labute approximate surface area is 162 Å². The highest BCUT2D eigenvalue weighted by molar-refractivity contribution is 5.83. The topological polar surface area (TPSA) is 67.9 Å². The molecule has 150 valence electrons. The molecule has 27 heavy (non-hydrogen) atoms. The van der Waals surface area contributed by atoms with Crippen LogP contribution in [-0.4, -0.2) is 50.1 Å². The summed E-state index contributed by atoms with van der Waals surface area (Å²) in [6.07, 6.45) is 0.487. The minimum Gasteiger partial charge on any atom is -0.497 e. The van der Waals surface area contributed by atoms with Gasteiger partial charge in [0.05, 0.1) is 20.1 Å². The summed E-state index contributed by atoms with van der Waals surface area (Å²) in [6, 6.07) is 5.65. The van der Waals surface area contributed by atoms with Crippen molar-refractivity contribution in [1.29, 1.82) is 0 Å². The average Bonchev–Trinajstić information content (AvgIpc) is 3.05. The molecule has 0 radical (unpaired) electrons. The number of hydrogen-bond acceptors (Lipinski definition) is 4. The number of benzene rings is 1. The zero-order valence-corrected chi connectivity index (χ0v) is 17.2. The van der Waals surface area contributed by atoms with Crippen LogP contribution in [0.25, 0.3) is 0 Å². The molecule has 0 aromatic heterocycles. The first-order valence-corrected chi connectivity index (χ1v) is 9.56. The third-order valence-electron chi connectivity index (χ3n) is 4.86. The maximum Gasteiger partial charge on any atom is 0.225 e. The number of likely N-dealkylation sites (tertiary alicyclic amines) is 1. The molecule has 0 bridgehead atoms. The molecule has 1 aliphatic heterocycles.